The van der Waals surface area contributed by atoms with Crippen molar-refractivity contribution in [3.05, 3.63) is 0 Å². The van der Waals surface area contributed by atoms with Crippen molar-refractivity contribution in [2.24, 2.45) is 0 Å². The van der Waals surface area contributed by atoms with Crippen molar-refractivity contribution in [2.45, 2.75) is 264 Å². The summed E-state index contributed by atoms with van der Waals surface area (Å²) < 4.78 is 22.2. The zero-order valence-corrected chi connectivity index (χ0v) is 39.7. The molecule has 8 nitrogen and oxygen atoms in total. The van der Waals surface area contributed by atoms with Gasteiger partial charge in [-0.05, 0) is 77.3 Å². The number of hydrogen-bond acceptors (Lipinski definition) is 8. The van der Waals surface area contributed by atoms with Crippen LogP contribution in [0, 0.1) is 0 Å². The summed E-state index contributed by atoms with van der Waals surface area (Å²) in [6.45, 7) is 11.6. The van der Waals surface area contributed by atoms with Crippen LogP contribution in [-0.2, 0) is 23.7 Å². The molecule has 0 radical (unpaired) electrons. The fourth-order valence-electron chi connectivity index (χ4n) is 7.91. The zero-order chi connectivity index (χ0) is 43.0. The normalized spacial score (nSPS) is 11.6. The lowest BCUT2D eigenvalue weighted by Gasteiger charge is -2.22. The van der Waals surface area contributed by atoms with Gasteiger partial charge in [0, 0.05) is 13.0 Å². The maximum Gasteiger partial charge on any atom is 0.508 e. The van der Waals surface area contributed by atoms with E-state index < -0.39 is 6.16 Å². The molecule has 1 N–H and O–H groups in total. The van der Waals surface area contributed by atoms with E-state index in [1.807, 2.05) is 0 Å². The molecule has 0 aromatic heterocycles. The number of carbonyl (C=O) groups is 2. The van der Waals surface area contributed by atoms with Crippen molar-refractivity contribution in [1.82, 2.24) is 4.90 Å². The van der Waals surface area contributed by atoms with E-state index in [2.05, 4.69) is 25.7 Å². The highest BCUT2D eigenvalue weighted by atomic mass is 16.7. The Morgan fingerprint density at radius 2 is 0.797 bits per heavy atom. The van der Waals surface area contributed by atoms with Crippen LogP contribution in [0.5, 0.6) is 0 Å². The van der Waals surface area contributed by atoms with Crippen LogP contribution < -0.4 is 0 Å². The number of hydrogen-bond donors (Lipinski definition) is 1. The zero-order valence-electron chi connectivity index (χ0n) is 39.7. The van der Waals surface area contributed by atoms with Crippen LogP contribution >= 0.6 is 0 Å². The van der Waals surface area contributed by atoms with Crippen LogP contribution in [0.1, 0.15) is 258 Å². The van der Waals surface area contributed by atoms with Crippen LogP contribution in [0.3, 0.4) is 0 Å². The largest absolute Gasteiger partial charge is 0.508 e. The number of nitrogens with zero attached hydrogens (tertiary/aromatic N) is 1. The predicted molar refractivity (Wildman–Crippen MR) is 249 cm³/mol. The van der Waals surface area contributed by atoms with Crippen molar-refractivity contribution in [3.8, 4) is 0 Å². The van der Waals surface area contributed by atoms with Gasteiger partial charge in [0.05, 0.1) is 33.0 Å². The molecule has 0 unspecified atom stereocenters. The Balaban J connectivity index is 4.22. The van der Waals surface area contributed by atoms with E-state index in [-0.39, 0.29) is 18.7 Å². The molecule has 0 saturated carbocycles. The number of aliphatic hydroxyl groups is 1. The van der Waals surface area contributed by atoms with Crippen LogP contribution in [0.25, 0.3) is 0 Å². The predicted octanol–water partition coefficient (Wildman–Crippen LogP) is 14.9. The molecule has 0 atom stereocenters. The van der Waals surface area contributed by atoms with Gasteiger partial charge in [0.1, 0.15) is 6.10 Å². The number of carbonyl (C=O) groups excluding carboxylic acids is 2. The minimum absolute atomic E-state index is 0.00909. The average molecular weight is 840 g/mol. The van der Waals surface area contributed by atoms with Crippen molar-refractivity contribution in [1.29, 1.82) is 0 Å². The number of esters is 1. The summed E-state index contributed by atoms with van der Waals surface area (Å²) in [5.74, 6) is 0.00909. The minimum atomic E-state index is -0.534. The van der Waals surface area contributed by atoms with Gasteiger partial charge in [0.15, 0.2) is 0 Å². The van der Waals surface area contributed by atoms with Gasteiger partial charge < -0.3 is 29.0 Å². The van der Waals surface area contributed by atoms with Gasteiger partial charge in [-0.1, -0.05) is 188 Å². The molecule has 0 amide bonds. The lowest BCUT2D eigenvalue weighted by molar-refractivity contribution is -0.150. The SMILES string of the molecule is CCCCCCCCCCCCOC(=O)OCCCCCN(CCCCCCCC(=O)OC(CCCCCCCCCC)CCCCCCCCCC)CCOCCO. The summed E-state index contributed by atoms with van der Waals surface area (Å²) >= 11 is 0. The summed E-state index contributed by atoms with van der Waals surface area (Å²) in [6.07, 6.45) is 44.0. The smallest absolute Gasteiger partial charge is 0.462 e. The molecule has 0 bridgehead atoms. The second-order valence-corrected chi connectivity index (χ2v) is 17.5. The van der Waals surface area contributed by atoms with Gasteiger partial charge in [-0.2, -0.15) is 0 Å². The molecule has 0 aliphatic carbocycles. The summed E-state index contributed by atoms with van der Waals surface area (Å²) in [5.41, 5.74) is 0. The summed E-state index contributed by atoms with van der Waals surface area (Å²) in [5, 5.41) is 9.09. The molecule has 0 spiro atoms. The van der Waals surface area contributed by atoms with E-state index in [9.17, 15) is 9.59 Å². The molecule has 0 rings (SSSR count). The minimum Gasteiger partial charge on any atom is -0.462 e. The Labute approximate surface area is 366 Å². The lowest BCUT2D eigenvalue weighted by atomic mass is 10.0. The van der Waals surface area contributed by atoms with Crippen LogP contribution in [0.15, 0.2) is 0 Å². The van der Waals surface area contributed by atoms with Crippen molar-refractivity contribution >= 4 is 12.1 Å². The van der Waals surface area contributed by atoms with E-state index >= 15 is 0 Å². The van der Waals surface area contributed by atoms with Gasteiger partial charge in [0.25, 0.3) is 0 Å². The third-order valence-corrected chi connectivity index (χ3v) is 11.8. The topological polar surface area (TPSA) is 94.5 Å². The Bertz CT molecular complexity index is 823. The first-order valence-electron chi connectivity index (χ1n) is 26.0. The van der Waals surface area contributed by atoms with Gasteiger partial charge in [-0.25, -0.2) is 4.79 Å². The Hall–Kier alpha value is -1.38. The number of ether oxygens (including phenoxy) is 4. The van der Waals surface area contributed by atoms with Gasteiger partial charge in [-0.15, -0.1) is 0 Å². The standard InChI is InChI=1S/C51H101NO7/c1-4-7-10-13-16-19-20-23-29-36-45-57-51(55)58-46-37-30-35-42-52(43-47-56-48-44-53)41-34-28-24-27-33-40-50(54)59-49(38-31-25-21-17-14-11-8-5-2)39-32-26-22-18-15-12-9-6-3/h49,53H,4-48H2,1-3H3. The molecule has 0 aromatic carbocycles. The average Bonchev–Trinajstić information content (AvgIpc) is 3.23. The van der Waals surface area contributed by atoms with E-state index in [1.54, 1.807) is 0 Å². The summed E-state index contributed by atoms with van der Waals surface area (Å²) in [4.78, 5) is 27.3. The molecule has 59 heavy (non-hydrogen) atoms. The molecular formula is C51H101NO7. The van der Waals surface area contributed by atoms with Crippen molar-refractivity contribution in [2.75, 3.05) is 52.7 Å². The second kappa shape index (κ2) is 49.3. The van der Waals surface area contributed by atoms with Gasteiger partial charge in [0.2, 0.25) is 0 Å². The van der Waals surface area contributed by atoms with E-state index in [4.69, 9.17) is 24.1 Å². The first-order valence-corrected chi connectivity index (χ1v) is 26.0. The molecule has 0 aliphatic rings. The molecule has 352 valence electrons. The van der Waals surface area contributed by atoms with E-state index in [0.29, 0.717) is 32.8 Å². The molecule has 0 saturated heterocycles. The van der Waals surface area contributed by atoms with E-state index in [0.717, 1.165) is 96.7 Å². The highest BCUT2D eigenvalue weighted by Gasteiger charge is 2.14. The van der Waals surface area contributed by atoms with Gasteiger partial charge in [-0.3, -0.25) is 4.79 Å². The maximum absolute atomic E-state index is 12.9. The summed E-state index contributed by atoms with van der Waals surface area (Å²) in [7, 11) is 0. The Morgan fingerprint density at radius 3 is 1.24 bits per heavy atom. The lowest BCUT2D eigenvalue weighted by Crippen LogP contribution is -2.30. The molecule has 0 fully saturated rings. The Kier molecular flexibility index (Phi) is 48.1. The van der Waals surface area contributed by atoms with Crippen LogP contribution in [-0.4, -0.2) is 80.9 Å². The number of unbranched alkanes of at least 4 members (excludes halogenated alkanes) is 29. The fourth-order valence-corrected chi connectivity index (χ4v) is 7.91. The third kappa shape index (κ3) is 46.0. The summed E-state index contributed by atoms with van der Waals surface area (Å²) in [6, 6.07) is 0. The highest BCUT2D eigenvalue weighted by molar-refractivity contribution is 5.69. The molecule has 0 aromatic rings. The molecule has 0 aliphatic heterocycles. The molecule has 8 heteroatoms. The quantitative estimate of drug-likeness (QED) is 0.0478. The van der Waals surface area contributed by atoms with Crippen LogP contribution in [0.4, 0.5) is 4.79 Å². The maximum atomic E-state index is 12.9. The van der Waals surface area contributed by atoms with Crippen molar-refractivity contribution < 1.29 is 33.6 Å². The first-order chi connectivity index (χ1) is 29.1. The second-order valence-electron chi connectivity index (χ2n) is 17.5. The third-order valence-electron chi connectivity index (χ3n) is 11.8. The first kappa shape index (κ1) is 57.6. The molecule has 0 heterocycles. The molecular weight excluding hydrogens is 739 g/mol. The van der Waals surface area contributed by atoms with E-state index in [1.165, 1.54) is 154 Å². The number of rotatable bonds is 49. The highest BCUT2D eigenvalue weighted by Crippen LogP contribution is 2.19. The van der Waals surface area contributed by atoms with Crippen LogP contribution in [0.2, 0.25) is 0 Å². The van der Waals surface area contributed by atoms with Crippen molar-refractivity contribution in [3.63, 3.8) is 0 Å². The number of aliphatic hydroxyl groups excluding tert-OH is 1. The fraction of sp³-hybridized carbons (Fsp3) is 0.961. The Morgan fingerprint density at radius 1 is 0.424 bits per heavy atom. The monoisotopic (exact) mass is 840 g/mol. The van der Waals surface area contributed by atoms with Gasteiger partial charge >= 0.3 is 12.1 Å².